The van der Waals surface area contributed by atoms with E-state index in [1.165, 1.54) is 28.8 Å². The molecule has 0 saturated heterocycles. The molecule has 8 nitrogen and oxygen atoms in total. The Kier molecular flexibility index (Phi) is 6.07. The Morgan fingerprint density at radius 1 is 1.09 bits per heavy atom. The van der Waals surface area contributed by atoms with Crippen molar-refractivity contribution in [3.05, 3.63) is 99.7 Å². The Bertz CT molecular complexity index is 1600. The Morgan fingerprint density at radius 2 is 1.91 bits per heavy atom. The summed E-state index contributed by atoms with van der Waals surface area (Å²) in [6.07, 6.45) is 1.62. The number of pyridine rings is 2. The minimum Gasteiger partial charge on any atom is -0.350 e. The summed E-state index contributed by atoms with van der Waals surface area (Å²) in [7, 11) is 0. The highest BCUT2D eigenvalue weighted by Crippen LogP contribution is 2.27. The van der Waals surface area contributed by atoms with Crippen LogP contribution in [0.1, 0.15) is 5.56 Å². The van der Waals surface area contributed by atoms with Crippen molar-refractivity contribution < 1.29 is 13.7 Å². The van der Waals surface area contributed by atoms with E-state index in [1.807, 2.05) is 12.1 Å². The first-order chi connectivity index (χ1) is 17.0. The van der Waals surface area contributed by atoms with Crippen molar-refractivity contribution in [2.24, 2.45) is 0 Å². The van der Waals surface area contributed by atoms with E-state index in [9.17, 15) is 14.0 Å². The van der Waals surface area contributed by atoms with Crippen LogP contribution in [-0.4, -0.2) is 25.6 Å². The highest BCUT2D eigenvalue weighted by molar-refractivity contribution is 6.31. The molecule has 0 saturated carbocycles. The first-order valence-corrected chi connectivity index (χ1v) is 11.0. The number of rotatable bonds is 6. The molecular formula is C25H17ClFN5O3. The van der Waals surface area contributed by atoms with E-state index in [-0.39, 0.29) is 24.0 Å². The van der Waals surface area contributed by atoms with E-state index < -0.39 is 17.3 Å². The van der Waals surface area contributed by atoms with Gasteiger partial charge in [-0.25, -0.2) is 4.39 Å². The summed E-state index contributed by atoms with van der Waals surface area (Å²) in [6, 6.07) is 17.8. The van der Waals surface area contributed by atoms with Gasteiger partial charge in [0.05, 0.1) is 11.1 Å². The summed E-state index contributed by atoms with van der Waals surface area (Å²) < 4.78 is 20.0. The molecule has 0 fully saturated rings. The molecule has 35 heavy (non-hydrogen) atoms. The van der Waals surface area contributed by atoms with Crippen LogP contribution in [0.2, 0.25) is 5.02 Å². The maximum Gasteiger partial charge on any atom is 0.259 e. The Hall–Kier alpha value is -4.37. The second-order valence-electron chi connectivity index (χ2n) is 7.65. The van der Waals surface area contributed by atoms with Crippen molar-refractivity contribution in [2.75, 3.05) is 0 Å². The van der Waals surface area contributed by atoms with Gasteiger partial charge in [0, 0.05) is 29.2 Å². The third-order valence-electron chi connectivity index (χ3n) is 5.36. The second-order valence-corrected chi connectivity index (χ2v) is 8.06. The van der Waals surface area contributed by atoms with Crippen molar-refractivity contribution in [1.29, 1.82) is 0 Å². The van der Waals surface area contributed by atoms with Gasteiger partial charge >= 0.3 is 0 Å². The first kappa shape index (κ1) is 22.4. The van der Waals surface area contributed by atoms with E-state index in [1.54, 1.807) is 36.5 Å². The van der Waals surface area contributed by atoms with Crippen LogP contribution in [0.5, 0.6) is 0 Å². The molecule has 174 valence electrons. The van der Waals surface area contributed by atoms with Gasteiger partial charge in [-0.3, -0.25) is 19.1 Å². The number of hydrogen-bond donors (Lipinski definition) is 1. The van der Waals surface area contributed by atoms with E-state index >= 15 is 0 Å². The molecule has 0 radical (unpaired) electrons. The molecule has 0 unspecified atom stereocenters. The zero-order chi connectivity index (χ0) is 24.4. The lowest BCUT2D eigenvalue weighted by Crippen LogP contribution is -2.32. The molecule has 0 aliphatic rings. The van der Waals surface area contributed by atoms with Gasteiger partial charge in [-0.15, -0.1) is 0 Å². The second kappa shape index (κ2) is 9.47. The molecule has 2 aromatic carbocycles. The Labute approximate surface area is 203 Å². The quantitative estimate of drug-likeness (QED) is 0.383. The molecule has 5 aromatic rings. The number of hydrogen-bond acceptors (Lipinski definition) is 6. The van der Waals surface area contributed by atoms with Crippen LogP contribution in [0.25, 0.3) is 33.9 Å². The molecular weight excluding hydrogens is 473 g/mol. The van der Waals surface area contributed by atoms with Gasteiger partial charge in [-0.05, 0) is 35.9 Å². The van der Waals surface area contributed by atoms with Gasteiger partial charge in [0.15, 0.2) is 0 Å². The van der Waals surface area contributed by atoms with Gasteiger partial charge in [0.1, 0.15) is 18.1 Å². The van der Waals surface area contributed by atoms with Crippen molar-refractivity contribution in [2.45, 2.75) is 13.1 Å². The zero-order valence-corrected chi connectivity index (χ0v) is 18.9. The predicted molar refractivity (Wildman–Crippen MR) is 128 cm³/mol. The number of fused-ring (bicyclic) bond motifs is 1. The summed E-state index contributed by atoms with van der Waals surface area (Å²) in [6.45, 7) is -0.123. The highest BCUT2D eigenvalue weighted by atomic mass is 35.5. The number of nitrogens with zero attached hydrogens (tertiary/aromatic N) is 4. The number of amides is 1. The van der Waals surface area contributed by atoms with Gasteiger partial charge < -0.3 is 9.84 Å². The third-order valence-corrected chi connectivity index (χ3v) is 5.71. The molecule has 3 heterocycles. The number of aromatic nitrogens is 4. The maximum atomic E-state index is 13.2. The normalized spacial score (nSPS) is 11.0. The lowest BCUT2D eigenvalue weighted by molar-refractivity contribution is -0.121. The van der Waals surface area contributed by atoms with Crippen LogP contribution in [0.4, 0.5) is 4.39 Å². The minimum atomic E-state index is -0.461. The molecule has 0 spiro atoms. The standard InChI is InChI=1S/C25H17ClFN5O3/c26-19-11-16(27)9-8-15(19)13-29-22(33)14-32-21-7-2-1-5-17(21)18(12-23(32)34)25-30-24(31-35-25)20-6-3-4-10-28-20/h1-12H,13-14H2,(H,29,33). The number of halogens is 2. The van der Waals surface area contributed by atoms with E-state index in [2.05, 4.69) is 20.4 Å². The number of benzene rings is 2. The fourth-order valence-corrected chi connectivity index (χ4v) is 3.90. The molecule has 10 heteroatoms. The average Bonchev–Trinajstić information content (AvgIpc) is 3.36. The number of nitrogens with one attached hydrogen (secondary N) is 1. The van der Waals surface area contributed by atoms with Crippen LogP contribution < -0.4 is 10.9 Å². The molecule has 0 bridgehead atoms. The van der Waals surface area contributed by atoms with Gasteiger partial charge in [-0.2, -0.15) is 4.98 Å². The smallest absolute Gasteiger partial charge is 0.259 e. The van der Waals surface area contributed by atoms with Crippen molar-refractivity contribution >= 4 is 28.4 Å². The fourth-order valence-electron chi connectivity index (χ4n) is 3.66. The van der Waals surface area contributed by atoms with E-state index in [0.717, 1.165) is 0 Å². The molecule has 3 aromatic heterocycles. The van der Waals surface area contributed by atoms with Crippen LogP contribution in [0.15, 0.2) is 82.2 Å². The summed E-state index contributed by atoms with van der Waals surface area (Å²) in [5, 5.41) is 7.57. The number of para-hydroxylation sites is 1. The van der Waals surface area contributed by atoms with E-state index in [4.69, 9.17) is 16.1 Å². The molecule has 0 aliphatic heterocycles. The SMILES string of the molecule is O=C(Cn1c(=O)cc(-c2nc(-c3ccccn3)no2)c2ccccc21)NCc1ccc(F)cc1Cl. The zero-order valence-electron chi connectivity index (χ0n) is 18.1. The Balaban J connectivity index is 1.44. The maximum absolute atomic E-state index is 13.2. The summed E-state index contributed by atoms with van der Waals surface area (Å²) in [5.74, 6) is -0.397. The van der Waals surface area contributed by atoms with Crippen molar-refractivity contribution in [3.63, 3.8) is 0 Å². The van der Waals surface area contributed by atoms with Crippen LogP contribution >= 0.6 is 11.6 Å². The topological polar surface area (TPSA) is 103 Å². The monoisotopic (exact) mass is 489 g/mol. The molecule has 0 aliphatic carbocycles. The van der Waals surface area contributed by atoms with Crippen molar-refractivity contribution in [3.8, 4) is 23.0 Å². The minimum absolute atomic E-state index is 0.0982. The third kappa shape index (κ3) is 4.67. The van der Waals surface area contributed by atoms with E-state index in [0.29, 0.717) is 33.5 Å². The summed E-state index contributed by atoms with van der Waals surface area (Å²) >= 11 is 6.02. The van der Waals surface area contributed by atoms with Gasteiger partial charge in [0.25, 0.3) is 11.4 Å². The molecule has 5 rings (SSSR count). The predicted octanol–water partition coefficient (Wildman–Crippen LogP) is 4.22. The van der Waals surface area contributed by atoms with Crippen LogP contribution in [0, 0.1) is 5.82 Å². The van der Waals surface area contributed by atoms with Gasteiger partial charge in [0.2, 0.25) is 11.7 Å². The van der Waals surface area contributed by atoms with Crippen molar-refractivity contribution in [1.82, 2.24) is 25.0 Å². The summed E-state index contributed by atoms with van der Waals surface area (Å²) in [4.78, 5) is 34.3. The molecule has 1 amide bonds. The lowest BCUT2D eigenvalue weighted by atomic mass is 10.1. The van der Waals surface area contributed by atoms with Crippen LogP contribution in [0.3, 0.4) is 0 Å². The highest BCUT2D eigenvalue weighted by Gasteiger charge is 2.18. The number of carbonyl (C=O) groups excluding carboxylic acids is 1. The fraction of sp³-hybridized carbons (Fsp3) is 0.0800. The first-order valence-electron chi connectivity index (χ1n) is 10.6. The summed E-state index contributed by atoms with van der Waals surface area (Å²) in [5.41, 5.74) is 1.68. The molecule has 1 N–H and O–H groups in total. The van der Waals surface area contributed by atoms with Crippen LogP contribution in [-0.2, 0) is 17.9 Å². The van der Waals surface area contributed by atoms with Gasteiger partial charge in [-0.1, -0.05) is 47.1 Å². The largest absolute Gasteiger partial charge is 0.350 e. The Morgan fingerprint density at radius 3 is 2.71 bits per heavy atom. The number of carbonyl (C=O) groups is 1. The molecule has 0 atom stereocenters. The average molecular weight is 490 g/mol. The lowest BCUT2D eigenvalue weighted by Gasteiger charge is -2.13.